The molecule has 0 amide bonds. The minimum atomic E-state index is -0.00596. The maximum Gasteiger partial charge on any atom is 0.221 e. The molecule has 5 rings (SSSR count). The molecule has 0 spiro atoms. The molecule has 3 nitrogen and oxygen atoms in total. The van der Waals surface area contributed by atoms with Crippen molar-refractivity contribution < 1.29 is 4.74 Å². The van der Waals surface area contributed by atoms with Gasteiger partial charge in [0.1, 0.15) is 6.10 Å². The van der Waals surface area contributed by atoms with E-state index in [4.69, 9.17) is 9.84 Å². The monoisotopic (exact) mass is 380 g/mol. The maximum atomic E-state index is 6.60. The largest absolute Gasteiger partial charge is 0.469 e. The van der Waals surface area contributed by atoms with Crippen molar-refractivity contribution in [2.24, 2.45) is 0 Å². The predicted molar refractivity (Wildman–Crippen MR) is 116 cm³/mol. The zero-order valence-corrected chi connectivity index (χ0v) is 16.7. The minimum absolute atomic E-state index is 0.00596. The molecule has 144 valence electrons. The van der Waals surface area contributed by atoms with Gasteiger partial charge in [0.05, 0.1) is 11.4 Å². The van der Waals surface area contributed by atoms with Crippen LogP contribution in [0.4, 0.5) is 0 Å². The molecule has 4 aromatic rings. The molecule has 0 bridgehead atoms. The summed E-state index contributed by atoms with van der Waals surface area (Å²) in [5, 5.41) is 4.88. The summed E-state index contributed by atoms with van der Waals surface area (Å²) in [5.74, 6) is 1.11. The van der Waals surface area contributed by atoms with Gasteiger partial charge < -0.3 is 4.74 Å². The van der Waals surface area contributed by atoms with Gasteiger partial charge in [-0.25, -0.2) is 4.68 Å². The number of nitrogens with zero attached hydrogens (tertiary/aromatic N) is 2. The lowest BCUT2D eigenvalue weighted by atomic mass is 9.83. The molecular weight excluding hydrogens is 356 g/mol. The number of ether oxygens (including phenoxy) is 1. The lowest BCUT2D eigenvalue weighted by molar-refractivity contribution is 0.155. The number of aryl methyl sites for hydroxylation is 2. The summed E-state index contributed by atoms with van der Waals surface area (Å²) in [4.78, 5) is 0. The Morgan fingerprint density at radius 1 is 0.793 bits per heavy atom. The third kappa shape index (κ3) is 3.23. The van der Waals surface area contributed by atoms with Crippen molar-refractivity contribution in [2.75, 3.05) is 0 Å². The summed E-state index contributed by atoms with van der Waals surface area (Å²) < 4.78 is 8.56. The fourth-order valence-corrected chi connectivity index (χ4v) is 4.27. The third-order valence-corrected chi connectivity index (χ3v) is 5.77. The van der Waals surface area contributed by atoms with Gasteiger partial charge in [0, 0.05) is 11.5 Å². The van der Waals surface area contributed by atoms with E-state index in [1.807, 2.05) is 28.9 Å². The number of benzene rings is 3. The number of fused-ring (bicyclic) bond motifs is 1. The smallest absolute Gasteiger partial charge is 0.221 e. The van der Waals surface area contributed by atoms with E-state index < -0.39 is 0 Å². The highest BCUT2D eigenvalue weighted by molar-refractivity contribution is 5.48. The molecule has 29 heavy (non-hydrogen) atoms. The van der Waals surface area contributed by atoms with Crippen molar-refractivity contribution in [3.63, 3.8) is 0 Å². The lowest BCUT2D eigenvalue weighted by Gasteiger charge is -2.31. The zero-order valence-electron chi connectivity index (χ0n) is 16.7. The second-order valence-corrected chi connectivity index (χ2v) is 7.77. The van der Waals surface area contributed by atoms with Crippen LogP contribution in [0.2, 0.25) is 0 Å². The predicted octanol–water partition coefficient (Wildman–Crippen LogP) is 6.14. The molecule has 1 aromatic heterocycles. The van der Waals surface area contributed by atoms with Crippen molar-refractivity contribution in [1.29, 1.82) is 0 Å². The first-order chi connectivity index (χ1) is 14.2. The van der Waals surface area contributed by atoms with Gasteiger partial charge in [0.25, 0.3) is 0 Å². The second kappa shape index (κ2) is 7.25. The second-order valence-electron chi connectivity index (χ2n) is 7.77. The Morgan fingerprint density at radius 3 is 2.14 bits per heavy atom. The molecule has 3 aromatic carbocycles. The molecule has 0 aliphatic carbocycles. The Bertz CT molecular complexity index is 1110. The van der Waals surface area contributed by atoms with E-state index in [1.165, 1.54) is 22.3 Å². The molecule has 2 unspecified atom stereocenters. The van der Waals surface area contributed by atoms with E-state index in [0.29, 0.717) is 0 Å². The summed E-state index contributed by atoms with van der Waals surface area (Å²) in [6.07, 6.45) is 0.898. The van der Waals surface area contributed by atoms with Gasteiger partial charge in [-0.2, -0.15) is 5.10 Å². The highest BCUT2D eigenvalue weighted by Crippen LogP contribution is 2.47. The number of hydrogen-bond acceptors (Lipinski definition) is 2. The van der Waals surface area contributed by atoms with Crippen LogP contribution in [-0.4, -0.2) is 9.78 Å². The first kappa shape index (κ1) is 17.7. The summed E-state index contributed by atoms with van der Waals surface area (Å²) in [5.41, 5.74) is 7.04. The molecule has 0 saturated carbocycles. The fraction of sp³-hybridized carbons (Fsp3) is 0.192. The lowest BCUT2D eigenvalue weighted by Crippen LogP contribution is -2.21. The number of rotatable bonds is 3. The molecular formula is C26H24N2O. The van der Waals surface area contributed by atoms with Gasteiger partial charge in [0.2, 0.25) is 5.88 Å². The molecule has 1 aliphatic heterocycles. The first-order valence-electron chi connectivity index (χ1n) is 10.1. The number of hydrogen-bond donors (Lipinski definition) is 0. The van der Waals surface area contributed by atoms with E-state index in [9.17, 15) is 0 Å². The maximum absolute atomic E-state index is 6.60. The topological polar surface area (TPSA) is 27.1 Å². The molecule has 0 saturated heterocycles. The van der Waals surface area contributed by atoms with Gasteiger partial charge in [-0.1, -0.05) is 78.4 Å². The van der Waals surface area contributed by atoms with Crippen LogP contribution in [0, 0.1) is 13.8 Å². The first-order valence-corrected chi connectivity index (χ1v) is 10.1. The van der Waals surface area contributed by atoms with Crippen LogP contribution in [0.3, 0.4) is 0 Å². The Hall–Kier alpha value is -3.33. The van der Waals surface area contributed by atoms with Crippen molar-refractivity contribution in [1.82, 2.24) is 9.78 Å². The highest BCUT2D eigenvalue weighted by Gasteiger charge is 2.35. The van der Waals surface area contributed by atoms with Gasteiger partial charge in [-0.15, -0.1) is 0 Å². The summed E-state index contributed by atoms with van der Waals surface area (Å²) >= 11 is 0. The van der Waals surface area contributed by atoms with Crippen LogP contribution >= 0.6 is 0 Å². The van der Waals surface area contributed by atoms with Crippen molar-refractivity contribution in [3.8, 4) is 11.6 Å². The van der Waals surface area contributed by atoms with Crippen LogP contribution in [0.15, 0.2) is 84.9 Å². The molecule has 0 N–H and O–H groups in total. The highest BCUT2D eigenvalue weighted by atomic mass is 16.5. The number of aromatic nitrogens is 2. The van der Waals surface area contributed by atoms with E-state index in [-0.39, 0.29) is 12.0 Å². The third-order valence-electron chi connectivity index (χ3n) is 5.77. The molecule has 2 atom stereocenters. The molecule has 3 heteroatoms. The van der Waals surface area contributed by atoms with Crippen molar-refractivity contribution in [2.45, 2.75) is 32.3 Å². The Morgan fingerprint density at radius 2 is 1.45 bits per heavy atom. The number of para-hydroxylation sites is 1. The molecule has 2 heterocycles. The van der Waals surface area contributed by atoms with Crippen LogP contribution in [0.5, 0.6) is 5.88 Å². The molecule has 0 fully saturated rings. The molecule has 1 aliphatic rings. The average molecular weight is 380 g/mol. The standard InChI is InChI=1S/C26H24N2O/c1-18-13-15-20(16-14-18)23-17-24(21-9-5-3-6-10-21)29-26-25(23)19(2)27-28(26)22-11-7-4-8-12-22/h3-16,23-24H,17H2,1-2H3. The Balaban J connectivity index is 1.67. The van der Waals surface area contributed by atoms with Gasteiger partial charge in [-0.05, 0) is 43.5 Å². The van der Waals surface area contributed by atoms with Crippen LogP contribution < -0.4 is 4.74 Å². The average Bonchev–Trinajstić information content (AvgIpc) is 3.11. The van der Waals surface area contributed by atoms with Crippen molar-refractivity contribution >= 4 is 0 Å². The van der Waals surface area contributed by atoms with Crippen molar-refractivity contribution in [3.05, 3.63) is 113 Å². The van der Waals surface area contributed by atoms with Gasteiger partial charge in [-0.3, -0.25) is 0 Å². The van der Waals surface area contributed by atoms with E-state index in [2.05, 4.69) is 74.5 Å². The summed E-state index contributed by atoms with van der Waals surface area (Å²) in [6, 6.07) is 29.6. The van der Waals surface area contributed by atoms with E-state index in [0.717, 1.165) is 23.7 Å². The van der Waals surface area contributed by atoms with E-state index >= 15 is 0 Å². The fourth-order valence-electron chi connectivity index (χ4n) is 4.27. The van der Waals surface area contributed by atoms with Gasteiger partial charge >= 0.3 is 0 Å². The summed E-state index contributed by atoms with van der Waals surface area (Å²) in [7, 11) is 0. The zero-order chi connectivity index (χ0) is 19.8. The SMILES string of the molecule is Cc1ccc(C2CC(c3ccccc3)Oc3c2c(C)nn3-c2ccccc2)cc1. The Labute approximate surface area is 171 Å². The summed E-state index contributed by atoms with van der Waals surface area (Å²) in [6.45, 7) is 4.22. The van der Waals surface area contributed by atoms with Crippen LogP contribution in [-0.2, 0) is 0 Å². The van der Waals surface area contributed by atoms with E-state index in [1.54, 1.807) is 0 Å². The van der Waals surface area contributed by atoms with Crippen LogP contribution in [0.25, 0.3) is 5.69 Å². The van der Waals surface area contributed by atoms with Crippen LogP contribution in [0.1, 0.15) is 46.4 Å². The quantitative estimate of drug-likeness (QED) is 0.426. The molecule has 0 radical (unpaired) electrons. The minimum Gasteiger partial charge on any atom is -0.469 e. The van der Waals surface area contributed by atoms with Gasteiger partial charge in [0.15, 0.2) is 0 Å². The normalized spacial score (nSPS) is 18.1. The Kier molecular flexibility index (Phi) is 4.44.